The molecule has 0 radical (unpaired) electrons. The van der Waals surface area contributed by atoms with Crippen molar-refractivity contribution in [2.75, 3.05) is 0 Å². The van der Waals surface area contributed by atoms with Crippen LogP contribution in [0.4, 0.5) is 0 Å². The quantitative estimate of drug-likeness (QED) is 0.691. The minimum absolute atomic E-state index is 0.800. The topological polar surface area (TPSA) is 0 Å². The minimum atomic E-state index is 0.800. The monoisotopic (exact) mass is 204 g/mol. The summed E-state index contributed by atoms with van der Waals surface area (Å²) in [6.45, 7) is 4.57. The van der Waals surface area contributed by atoms with E-state index in [0.717, 1.165) is 5.92 Å². The molecule has 2 aromatic rings. The van der Waals surface area contributed by atoms with Crippen LogP contribution in [0.5, 0.6) is 0 Å². The Morgan fingerprint density at radius 3 is 2.79 bits per heavy atom. The summed E-state index contributed by atoms with van der Waals surface area (Å²) < 4.78 is 1.42. The molecule has 74 valence electrons. The van der Waals surface area contributed by atoms with Crippen molar-refractivity contribution < 1.29 is 0 Å². The molecule has 2 rings (SSSR count). The van der Waals surface area contributed by atoms with Crippen LogP contribution in [0.2, 0.25) is 0 Å². The summed E-state index contributed by atoms with van der Waals surface area (Å²) in [4.78, 5) is 0. The fourth-order valence-corrected chi connectivity index (χ4v) is 2.67. The molecule has 0 aliphatic carbocycles. The summed E-state index contributed by atoms with van der Waals surface area (Å²) >= 11 is 1.87. The number of benzene rings is 1. The van der Waals surface area contributed by atoms with Crippen molar-refractivity contribution >= 4 is 21.4 Å². The molecule has 1 heterocycles. The van der Waals surface area contributed by atoms with E-state index in [9.17, 15) is 0 Å². The SMILES string of the molecule is CC(C)CCc1csc2ccccc12. The largest absolute Gasteiger partial charge is 0.144 e. The van der Waals surface area contributed by atoms with Crippen LogP contribution in [0.3, 0.4) is 0 Å². The summed E-state index contributed by atoms with van der Waals surface area (Å²) in [7, 11) is 0. The zero-order valence-corrected chi connectivity index (χ0v) is 9.60. The van der Waals surface area contributed by atoms with Gasteiger partial charge >= 0.3 is 0 Å². The molecule has 1 aromatic heterocycles. The second-order valence-corrected chi connectivity index (χ2v) is 5.10. The first-order valence-corrected chi connectivity index (χ1v) is 6.10. The van der Waals surface area contributed by atoms with E-state index in [2.05, 4.69) is 43.5 Å². The van der Waals surface area contributed by atoms with E-state index >= 15 is 0 Å². The van der Waals surface area contributed by atoms with Gasteiger partial charge in [-0.25, -0.2) is 0 Å². The Kier molecular flexibility index (Phi) is 2.87. The van der Waals surface area contributed by atoms with E-state index < -0.39 is 0 Å². The number of thiophene rings is 1. The van der Waals surface area contributed by atoms with Crippen molar-refractivity contribution in [1.82, 2.24) is 0 Å². The predicted octanol–water partition coefficient (Wildman–Crippen LogP) is 4.49. The minimum Gasteiger partial charge on any atom is -0.144 e. The second-order valence-electron chi connectivity index (χ2n) is 4.19. The van der Waals surface area contributed by atoms with Crippen molar-refractivity contribution in [3.05, 3.63) is 35.2 Å². The Bertz CT molecular complexity index is 412. The van der Waals surface area contributed by atoms with Crippen molar-refractivity contribution in [2.24, 2.45) is 5.92 Å². The highest BCUT2D eigenvalue weighted by molar-refractivity contribution is 7.17. The molecule has 0 fully saturated rings. The third-order valence-electron chi connectivity index (χ3n) is 2.55. The first-order chi connectivity index (χ1) is 6.77. The van der Waals surface area contributed by atoms with Crippen molar-refractivity contribution in [3.8, 4) is 0 Å². The zero-order valence-electron chi connectivity index (χ0n) is 8.79. The highest BCUT2D eigenvalue weighted by Crippen LogP contribution is 2.27. The Morgan fingerprint density at radius 2 is 2.00 bits per heavy atom. The van der Waals surface area contributed by atoms with Crippen LogP contribution in [0.25, 0.3) is 10.1 Å². The van der Waals surface area contributed by atoms with Gasteiger partial charge in [0.2, 0.25) is 0 Å². The molecule has 14 heavy (non-hydrogen) atoms. The molecule has 0 saturated carbocycles. The fraction of sp³-hybridized carbons (Fsp3) is 0.385. The lowest BCUT2D eigenvalue weighted by molar-refractivity contribution is 0.588. The molecule has 0 unspecified atom stereocenters. The molecule has 0 N–H and O–H groups in total. The lowest BCUT2D eigenvalue weighted by Gasteiger charge is -2.02. The van der Waals surface area contributed by atoms with E-state index in [1.165, 1.54) is 28.5 Å². The summed E-state index contributed by atoms with van der Waals surface area (Å²) in [6, 6.07) is 8.69. The Morgan fingerprint density at radius 1 is 1.21 bits per heavy atom. The first kappa shape index (κ1) is 9.72. The van der Waals surface area contributed by atoms with Gasteiger partial charge in [0.05, 0.1) is 0 Å². The molecule has 0 bridgehead atoms. The van der Waals surface area contributed by atoms with Crippen LogP contribution in [0.15, 0.2) is 29.6 Å². The number of hydrogen-bond donors (Lipinski definition) is 0. The molecule has 0 aliphatic rings. The Labute approximate surface area is 89.6 Å². The molecule has 1 heteroatoms. The zero-order chi connectivity index (χ0) is 9.97. The average Bonchev–Trinajstić information content (AvgIpc) is 2.58. The lowest BCUT2D eigenvalue weighted by atomic mass is 10.0. The third kappa shape index (κ3) is 1.98. The van der Waals surface area contributed by atoms with Gasteiger partial charge in [-0.05, 0) is 41.2 Å². The van der Waals surface area contributed by atoms with Gasteiger partial charge in [0.1, 0.15) is 0 Å². The maximum atomic E-state index is 2.31. The molecular formula is C13H16S. The maximum Gasteiger partial charge on any atom is 0.0345 e. The molecule has 0 nitrogen and oxygen atoms in total. The van der Waals surface area contributed by atoms with Crippen molar-refractivity contribution in [1.29, 1.82) is 0 Å². The van der Waals surface area contributed by atoms with E-state index in [0.29, 0.717) is 0 Å². The standard InChI is InChI=1S/C13H16S/c1-10(2)7-8-11-9-14-13-6-4-3-5-12(11)13/h3-6,9-10H,7-8H2,1-2H3. The first-order valence-electron chi connectivity index (χ1n) is 5.22. The van der Waals surface area contributed by atoms with Gasteiger partial charge in [0.25, 0.3) is 0 Å². The highest BCUT2D eigenvalue weighted by atomic mass is 32.1. The summed E-state index contributed by atoms with van der Waals surface area (Å²) in [5, 5.41) is 3.77. The van der Waals surface area contributed by atoms with Crippen LogP contribution in [-0.2, 0) is 6.42 Å². The lowest BCUT2D eigenvalue weighted by Crippen LogP contribution is -1.90. The molecule has 0 amide bonds. The van der Waals surface area contributed by atoms with Crippen LogP contribution < -0.4 is 0 Å². The van der Waals surface area contributed by atoms with E-state index in [1.807, 2.05) is 11.3 Å². The summed E-state index contributed by atoms with van der Waals surface area (Å²) in [5.74, 6) is 0.800. The molecule has 0 spiro atoms. The van der Waals surface area contributed by atoms with Gasteiger partial charge in [0, 0.05) is 4.70 Å². The van der Waals surface area contributed by atoms with Crippen molar-refractivity contribution in [3.63, 3.8) is 0 Å². The maximum absolute atomic E-state index is 2.31. The fourth-order valence-electron chi connectivity index (χ4n) is 1.67. The Hall–Kier alpha value is -0.820. The number of rotatable bonds is 3. The van der Waals surface area contributed by atoms with Crippen LogP contribution in [-0.4, -0.2) is 0 Å². The number of aryl methyl sites for hydroxylation is 1. The molecule has 1 aromatic carbocycles. The van der Waals surface area contributed by atoms with Crippen LogP contribution in [0, 0.1) is 5.92 Å². The van der Waals surface area contributed by atoms with Gasteiger partial charge in [0.15, 0.2) is 0 Å². The third-order valence-corrected chi connectivity index (χ3v) is 3.56. The predicted molar refractivity (Wildman–Crippen MR) is 65.0 cm³/mol. The van der Waals surface area contributed by atoms with Gasteiger partial charge in [-0.2, -0.15) is 0 Å². The molecule has 0 saturated heterocycles. The van der Waals surface area contributed by atoms with Crippen LogP contribution >= 0.6 is 11.3 Å². The smallest absolute Gasteiger partial charge is 0.0345 e. The number of fused-ring (bicyclic) bond motifs is 1. The van der Waals surface area contributed by atoms with Gasteiger partial charge in [-0.1, -0.05) is 32.0 Å². The Balaban J connectivity index is 2.25. The summed E-state index contributed by atoms with van der Waals surface area (Å²) in [6.07, 6.45) is 2.52. The molecule has 0 aliphatic heterocycles. The number of hydrogen-bond acceptors (Lipinski definition) is 1. The molecular weight excluding hydrogens is 188 g/mol. The van der Waals surface area contributed by atoms with Gasteiger partial charge in [-0.3, -0.25) is 0 Å². The second kappa shape index (κ2) is 4.14. The average molecular weight is 204 g/mol. The normalized spacial score (nSPS) is 11.4. The van der Waals surface area contributed by atoms with E-state index in [4.69, 9.17) is 0 Å². The van der Waals surface area contributed by atoms with E-state index in [1.54, 1.807) is 0 Å². The van der Waals surface area contributed by atoms with E-state index in [-0.39, 0.29) is 0 Å². The summed E-state index contributed by atoms with van der Waals surface area (Å²) in [5.41, 5.74) is 1.53. The molecule has 0 atom stereocenters. The van der Waals surface area contributed by atoms with Crippen LogP contribution in [0.1, 0.15) is 25.8 Å². The van der Waals surface area contributed by atoms with Crippen molar-refractivity contribution in [2.45, 2.75) is 26.7 Å². The van der Waals surface area contributed by atoms with Gasteiger partial charge < -0.3 is 0 Å². The highest BCUT2D eigenvalue weighted by Gasteiger charge is 2.03. The van der Waals surface area contributed by atoms with Gasteiger partial charge in [-0.15, -0.1) is 11.3 Å².